The van der Waals surface area contributed by atoms with Gasteiger partial charge >= 0.3 is 0 Å². The summed E-state index contributed by atoms with van der Waals surface area (Å²) in [4.78, 5) is 7.25. The van der Waals surface area contributed by atoms with E-state index in [9.17, 15) is 0 Å². The van der Waals surface area contributed by atoms with Crippen LogP contribution in [-0.2, 0) is 0 Å². The summed E-state index contributed by atoms with van der Waals surface area (Å²) in [6, 6.07) is 5.54. The Morgan fingerprint density at radius 2 is 2.33 bits per heavy atom. The molecule has 3 heterocycles. The Labute approximate surface area is 84.9 Å². The summed E-state index contributed by atoms with van der Waals surface area (Å²) in [5.41, 5.74) is 7.96. The van der Waals surface area contributed by atoms with Crippen molar-refractivity contribution in [2.75, 3.05) is 5.73 Å². The maximum absolute atomic E-state index is 5.47. The van der Waals surface area contributed by atoms with Gasteiger partial charge in [0.05, 0.1) is 0 Å². The molecule has 0 aromatic carbocycles. The minimum absolute atomic E-state index is 0.309. The van der Waals surface area contributed by atoms with Crippen LogP contribution in [0.2, 0.25) is 0 Å². The van der Waals surface area contributed by atoms with Gasteiger partial charge in [-0.1, -0.05) is 5.16 Å². The van der Waals surface area contributed by atoms with Crippen molar-refractivity contribution in [1.29, 1.82) is 0 Å². The average Bonchev–Trinajstić information content (AvgIpc) is 2.83. The molecule has 3 N–H and O–H groups in total. The molecule has 5 heteroatoms. The number of fused-ring (bicyclic) bond motifs is 1. The highest BCUT2D eigenvalue weighted by Gasteiger charge is 2.09. The van der Waals surface area contributed by atoms with E-state index in [1.54, 1.807) is 12.3 Å². The van der Waals surface area contributed by atoms with Gasteiger partial charge in [-0.05, 0) is 12.1 Å². The first-order chi connectivity index (χ1) is 7.34. The lowest BCUT2D eigenvalue weighted by molar-refractivity contribution is 0.439. The molecule has 0 saturated carbocycles. The van der Waals surface area contributed by atoms with Gasteiger partial charge in [-0.15, -0.1) is 0 Å². The van der Waals surface area contributed by atoms with Gasteiger partial charge in [0.25, 0.3) is 0 Å². The molecule has 5 nitrogen and oxygen atoms in total. The van der Waals surface area contributed by atoms with Crippen LogP contribution in [0.3, 0.4) is 0 Å². The van der Waals surface area contributed by atoms with Crippen LogP contribution >= 0.6 is 0 Å². The van der Waals surface area contributed by atoms with Gasteiger partial charge in [0, 0.05) is 29.4 Å². The van der Waals surface area contributed by atoms with Crippen molar-refractivity contribution in [2.24, 2.45) is 0 Å². The molecule has 0 aliphatic heterocycles. The Bertz CT molecular complexity index is 610. The molecule has 0 atom stereocenters. The molecule has 15 heavy (non-hydrogen) atoms. The van der Waals surface area contributed by atoms with E-state index in [4.69, 9.17) is 10.3 Å². The normalized spacial score (nSPS) is 10.9. The van der Waals surface area contributed by atoms with Gasteiger partial charge in [-0.25, -0.2) is 4.98 Å². The summed E-state index contributed by atoms with van der Waals surface area (Å²) < 4.78 is 4.83. The maximum Gasteiger partial charge on any atom is 0.222 e. The fourth-order valence-electron chi connectivity index (χ4n) is 1.58. The highest BCUT2D eigenvalue weighted by molar-refractivity contribution is 5.92. The number of nitrogen functional groups attached to an aromatic ring is 1. The molecule has 3 aromatic heterocycles. The van der Waals surface area contributed by atoms with Crippen molar-refractivity contribution in [2.45, 2.75) is 0 Å². The Kier molecular flexibility index (Phi) is 1.53. The van der Waals surface area contributed by atoms with Crippen LogP contribution in [0.4, 0.5) is 5.88 Å². The maximum atomic E-state index is 5.47. The lowest BCUT2D eigenvalue weighted by Crippen LogP contribution is -1.76. The van der Waals surface area contributed by atoms with Crippen molar-refractivity contribution in [3.8, 4) is 11.3 Å². The molecule has 3 rings (SSSR count). The lowest BCUT2D eigenvalue weighted by atomic mass is 10.1. The highest BCUT2D eigenvalue weighted by atomic mass is 16.5. The summed E-state index contributed by atoms with van der Waals surface area (Å²) in [6.45, 7) is 0. The summed E-state index contributed by atoms with van der Waals surface area (Å²) in [6.07, 6.45) is 3.58. The highest BCUT2D eigenvalue weighted by Crippen LogP contribution is 2.27. The summed E-state index contributed by atoms with van der Waals surface area (Å²) in [5, 5.41) is 4.87. The predicted octanol–water partition coefficient (Wildman–Crippen LogP) is 1.80. The molecule has 0 saturated heterocycles. The van der Waals surface area contributed by atoms with Gasteiger partial charge in [-0.2, -0.15) is 0 Å². The first-order valence-electron chi connectivity index (χ1n) is 4.49. The Balaban J connectivity index is 2.27. The molecule has 74 valence electrons. The van der Waals surface area contributed by atoms with Gasteiger partial charge in [-0.3, -0.25) is 0 Å². The predicted molar refractivity (Wildman–Crippen MR) is 56.0 cm³/mol. The minimum atomic E-state index is 0.309. The van der Waals surface area contributed by atoms with Crippen LogP contribution in [0.25, 0.3) is 22.3 Å². The van der Waals surface area contributed by atoms with Gasteiger partial charge in [0.15, 0.2) is 0 Å². The number of hydrogen-bond donors (Lipinski definition) is 2. The van der Waals surface area contributed by atoms with E-state index in [0.717, 1.165) is 16.6 Å². The Morgan fingerprint density at radius 3 is 3.13 bits per heavy atom. The largest absolute Gasteiger partial charge is 0.368 e. The summed E-state index contributed by atoms with van der Waals surface area (Å²) >= 11 is 0. The first-order valence-corrected chi connectivity index (χ1v) is 4.49. The van der Waals surface area contributed by atoms with Crippen LogP contribution in [-0.4, -0.2) is 15.1 Å². The van der Waals surface area contributed by atoms with Crippen LogP contribution in [0.5, 0.6) is 0 Å². The number of rotatable bonds is 1. The number of hydrogen-bond acceptors (Lipinski definition) is 4. The van der Waals surface area contributed by atoms with Crippen LogP contribution in [0.1, 0.15) is 0 Å². The SMILES string of the molecule is Nc1cc(-c2c[nH]c3ncccc23)no1. The zero-order valence-electron chi connectivity index (χ0n) is 7.77. The number of H-pyrrole nitrogens is 1. The number of nitrogens with two attached hydrogens (primary N) is 1. The zero-order valence-corrected chi connectivity index (χ0v) is 7.77. The third-order valence-corrected chi connectivity index (χ3v) is 2.26. The number of nitrogens with one attached hydrogen (secondary N) is 1. The van der Waals surface area contributed by atoms with Gasteiger partial charge in [0.1, 0.15) is 11.3 Å². The fourth-order valence-corrected chi connectivity index (χ4v) is 1.58. The smallest absolute Gasteiger partial charge is 0.222 e. The van der Waals surface area contributed by atoms with Crippen LogP contribution < -0.4 is 5.73 Å². The molecule has 3 aromatic rings. The molecule has 0 unspecified atom stereocenters. The molecule has 0 spiro atoms. The molecule has 0 bridgehead atoms. The van der Waals surface area contributed by atoms with E-state index in [-0.39, 0.29) is 0 Å². The van der Waals surface area contributed by atoms with Crippen LogP contribution in [0.15, 0.2) is 35.1 Å². The van der Waals surface area contributed by atoms with Crippen molar-refractivity contribution < 1.29 is 4.52 Å². The molecular formula is C10H8N4O. The Hall–Kier alpha value is -2.30. The fraction of sp³-hybridized carbons (Fsp3) is 0. The second kappa shape index (κ2) is 2.84. The van der Waals surface area contributed by atoms with Gasteiger partial charge < -0.3 is 15.2 Å². The number of aromatic amines is 1. The first kappa shape index (κ1) is 8.05. The summed E-state index contributed by atoms with van der Waals surface area (Å²) in [7, 11) is 0. The van der Waals surface area contributed by atoms with E-state index >= 15 is 0 Å². The monoisotopic (exact) mass is 200 g/mol. The topological polar surface area (TPSA) is 80.7 Å². The standard InChI is InChI=1S/C10H8N4O/c11-9-4-8(14-15-9)7-5-13-10-6(7)2-1-3-12-10/h1-5H,11H2,(H,12,13). The van der Waals surface area contributed by atoms with E-state index in [0.29, 0.717) is 11.6 Å². The van der Waals surface area contributed by atoms with Crippen molar-refractivity contribution >= 4 is 16.9 Å². The Morgan fingerprint density at radius 1 is 1.40 bits per heavy atom. The second-order valence-electron chi connectivity index (χ2n) is 3.22. The molecule has 0 aliphatic carbocycles. The van der Waals surface area contributed by atoms with Crippen molar-refractivity contribution in [3.05, 3.63) is 30.6 Å². The van der Waals surface area contributed by atoms with E-state index in [1.165, 1.54) is 0 Å². The second-order valence-corrected chi connectivity index (χ2v) is 3.22. The molecule has 0 aliphatic rings. The van der Waals surface area contributed by atoms with E-state index in [1.807, 2.05) is 18.3 Å². The lowest BCUT2D eigenvalue weighted by Gasteiger charge is -1.90. The van der Waals surface area contributed by atoms with Crippen molar-refractivity contribution in [1.82, 2.24) is 15.1 Å². The van der Waals surface area contributed by atoms with E-state index < -0.39 is 0 Å². The number of anilines is 1. The minimum Gasteiger partial charge on any atom is -0.368 e. The number of aromatic nitrogens is 3. The van der Waals surface area contributed by atoms with Crippen molar-refractivity contribution in [3.63, 3.8) is 0 Å². The van der Waals surface area contributed by atoms with Gasteiger partial charge in [0.2, 0.25) is 5.88 Å². The van der Waals surface area contributed by atoms with Crippen LogP contribution in [0, 0.1) is 0 Å². The number of nitrogens with zero attached hydrogens (tertiary/aromatic N) is 2. The molecule has 0 fully saturated rings. The third kappa shape index (κ3) is 1.17. The molecule has 0 amide bonds. The summed E-state index contributed by atoms with van der Waals surface area (Å²) in [5.74, 6) is 0.309. The third-order valence-electron chi connectivity index (χ3n) is 2.26. The van der Waals surface area contributed by atoms with E-state index in [2.05, 4.69) is 15.1 Å². The molecule has 0 radical (unpaired) electrons. The molecular weight excluding hydrogens is 192 g/mol. The zero-order chi connectivity index (χ0) is 10.3. The number of pyridine rings is 1. The quantitative estimate of drug-likeness (QED) is 0.627. The average molecular weight is 200 g/mol.